The van der Waals surface area contributed by atoms with Crippen LogP contribution in [0, 0.1) is 0 Å². The van der Waals surface area contributed by atoms with Gasteiger partial charge in [0, 0.05) is 5.66 Å². The van der Waals surface area contributed by atoms with Gasteiger partial charge >= 0.3 is 12.9 Å². The number of esters is 1. The van der Waals surface area contributed by atoms with Crippen molar-refractivity contribution in [2.75, 3.05) is 7.11 Å². The van der Waals surface area contributed by atoms with Gasteiger partial charge < -0.3 is 22.1 Å². The average molecular weight is 193 g/mol. The van der Waals surface area contributed by atoms with Crippen molar-refractivity contribution >= 4 is 18.6 Å². The minimum absolute atomic E-state index is 0.448. The summed E-state index contributed by atoms with van der Waals surface area (Å²) in [5.74, 6) is -1.37. The molecule has 7 heteroatoms. The zero-order chi connectivity index (χ0) is 10.1. The molecule has 3 nitrogen and oxygen atoms in total. The number of carbonyl (C=O) groups excluding carboxylic acids is 1. The average Bonchev–Trinajstić information content (AvgIpc) is 2.50. The van der Waals surface area contributed by atoms with E-state index in [0.29, 0.717) is 6.07 Å². The Labute approximate surface area is 71.5 Å². The maximum Gasteiger partial charge on any atom is 0.544 e. The number of carbonyl (C=O) groups is 1. The van der Waals surface area contributed by atoms with Gasteiger partial charge in [0.25, 0.3) is 0 Å². The van der Waals surface area contributed by atoms with Crippen LogP contribution in [0.1, 0.15) is 10.6 Å². The monoisotopic (exact) mass is 193 g/mol. The summed E-state index contributed by atoms with van der Waals surface area (Å²) in [7, 11) is 1.06. The summed E-state index contributed by atoms with van der Waals surface area (Å²) < 4.78 is 44.4. The van der Waals surface area contributed by atoms with Crippen LogP contribution in [-0.2, 0) is 4.74 Å². The van der Waals surface area contributed by atoms with Crippen molar-refractivity contribution < 1.29 is 26.9 Å². The van der Waals surface area contributed by atoms with E-state index >= 15 is 0 Å². The van der Waals surface area contributed by atoms with Crippen molar-refractivity contribution in [3.8, 4) is 0 Å². The molecule has 1 aromatic rings. The number of hydrogen-bond acceptors (Lipinski definition) is 3. The van der Waals surface area contributed by atoms with Gasteiger partial charge in [0.05, 0.1) is 7.11 Å². The van der Waals surface area contributed by atoms with Crippen LogP contribution in [0.5, 0.6) is 0 Å². The van der Waals surface area contributed by atoms with Gasteiger partial charge in [-0.3, -0.25) is 0 Å². The second-order valence-corrected chi connectivity index (χ2v) is 2.27. The normalized spacial score (nSPS) is 11.4. The SMILES string of the molecule is COC(=O)c1ccc([B-](F)(F)F)o1. The molecule has 0 aliphatic carbocycles. The zero-order valence-electron chi connectivity index (χ0n) is 6.59. The molecular weight excluding hydrogens is 188 g/mol. The van der Waals surface area contributed by atoms with Crippen molar-refractivity contribution in [3.05, 3.63) is 17.9 Å². The zero-order valence-corrected chi connectivity index (χ0v) is 6.59. The van der Waals surface area contributed by atoms with Crippen LogP contribution >= 0.6 is 0 Å². The molecule has 1 rings (SSSR count). The van der Waals surface area contributed by atoms with Crippen molar-refractivity contribution in [2.24, 2.45) is 0 Å². The van der Waals surface area contributed by atoms with Crippen LogP contribution in [0.2, 0.25) is 0 Å². The van der Waals surface area contributed by atoms with E-state index in [2.05, 4.69) is 9.15 Å². The minimum atomic E-state index is -5.19. The molecule has 0 N–H and O–H groups in total. The maximum absolute atomic E-state index is 12.0. The third kappa shape index (κ3) is 2.04. The number of ether oxygens (including phenoxy) is 1. The lowest BCUT2D eigenvalue weighted by Gasteiger charge is -2.09. The van der Waals surface area contributed by atoms with E-state index < -0.39 is 24.4 Å². The highest BCUT2D eigenvalue weighted by Crippen LogP contribution is 2.11. The predicted molar refractivity (Wildman–Crippen MR) is 38.8 cm³/mol. The van der Waals surface area contributed by atoms with Gasteiger partial charge in [0.2, 0.25) is 5.76 Å². The Morgan fingerprint density at radius 3 is 2.46 bits per heavy atom. The van der Waals surface area contributed by atoms with E-state index in [1.165, 1.54) is 0 Å². The molecule has 0 aromatic carbocycles. The third-order valence-electron chi connectivity index (χ3n) is 1.34. The number of rotatable bonds is 2. The predicted octanol–water partition coefficient (Wildman–Crippen LogP) is 1.12. The molecule has 0 radical (unpaired) electrons. The Hall–Kier alpha value is -1.40. The minimum Gasteiger partial charge on any atom is -0.487 e. The van der Waals surface area contributed by atoms with E-state index in [1.807, 2.05) is 0 Å². The summed E-state index contributed by atoms with van der Waals surface area (Å²) in [6, 6.07) is 1.63. The van der Waals surface area contributed by atoms with E-state index in [-0.39, 0.29) is 0 Å². The Balaban J connectivity index is 2.93. The first-order chi connectivity index (χ1) is 5.95. The summed E-state index contributed by atoms with van der Waals surface area (Å²) in [5.41, 5.74) is -1.15. The Bertz CT molecular complexity index is 317. The van der Waals surface area contributed by atoms with Crippen LogP contribution in [0.25, 0.3) is 0 Å². The molecule has 0 amide bonds. The summed E-state index contributed by atoms with van der Waals surface area (Å²) in [5, 5.41) is 0. The molecule has 0 bridgehead atoms. The maximum atomic E-state index is 12.0. The van der Waals surface area contributed by atoms with Crippen LogP contribution in [-0.4, -0.2) is 20.1 Å². The second-order valence-electron chi connectivity index (χ2n) is 2.27. The van der Waals surface area contributed by atoms with Crippen molar-refractivity contribution in [1.82, 2.24) is 0 Å². The Kier molecular flexibility index (Phi) is 2.35. The fourth-order valence-electron chi connectivity index (χ4n) is 0.739. The quantitative estimate of drug-likeness (QED) is 0.521. The molecule has 13 heavy (non-hydrogen) atoms. The highest BCUT2D eigenvalue weighted by atomic mass is 19.4. The topological polar surface area (TPSA) is 39.4 Å². The summed E-state index contributed by atoms with van der Waals surface area (Å²) >= 11 is 0. The number of methoxy groups -OCH3 is 1. The molecule has 1 heterocycles. The molecular formula is C6H5BF3O3-. The molecule has 1 aromatic heterocycles. The van der Waals surface area contributed by atoms with Gasteiger partial charge in [-0.05, 0) is 6.07 Å². The van der Waals surface area contributed by atoms with E-state index in [9.17, 15) is 17.7 Å². The fraction of sp³-hybridized carbons (Fsp3) is 0.167. The van der Waals surface area contributed by atoms with Crippen molar-refractivity contribution in [2.45, 2.75) is 0 Å². The van der Waals surface area contributed by atoms with Crippen molar-refractivity contribution in [1.29, 1.82) is 0 Å². The largest absolute Gasteiger partial charge is 0.544 e. The fourth-order valence-corrected chi connectivity index (χ4v) is 0.739. The summed E-state index contributed by atoms with van der Waals surface area (Å²) in [6.07, 6.45) is 0. The first-order valence-corrected chi connectivity index (χ1v) is 3.33. The molecule has 72 valence electrons. The number of furan rings is 1. The van der Waals surface area contributed by atoms with Gasteiger partial charge in [-0.2, -0.15) is 0 Å². The second kappa shape index (κ2) is 3.16. The smallest absolute Gasteiger partial charge is 0.487 e. The van der Waals surface area contributed by atoms with Crippen LogP contribution in [0.3, 0.4) is 0 Å². The molecule has 0 unspecified atom stereocenters. The van der Waals surface area contributed by atoms with Crippen LogP contribution < -0.4 is 5.66 Å². The standard InChI is InChI=1S/C6H5BF3O3/c1-12-6(11)4-2-3-5(13-4)7(8,9)10/h2-3H,1H3/q-1. The molecule has 0 aliphatic rings. The number of hydrogen-bond donors (Lipinski definition) is 0. The van der Waals surface area contributed by atoms with Crippen molar-refractivity contribution in [3.63, 3.8) is 0 Å². The highest BCUT2D eigenvalue weighted by Gasteiger charge is 2.30. The van der Waals surface area contributed by atoms with Crippen LogP contribution in [0.15, 0.2) is 16.5 Å². The molecule has 0 spiro atoms. The Morgan fingerprint density at radius 1 is 1.46 bits per heavy atom. The highest BCUT2D eigenvalue weighted by molar-refractivity contribution is 6.72. The molecule has 0 saturated carbocycles. The van der Waals surface area contributed by atoms with E-state index in [0.717, 1.165) is 13.2 Å². The first kappa shape index (κ1) is 9.69. The first-order valence-electron chi connectivity index (χ1n) is 3.33. The molecule has 0 fully saturated rings. The number of halogens is 3. The van der Waals surface area contributed by atoms with Gasteiger partial charge in [-0.1, -0.05) is 6.07 Å². The molecule has 0 atom stereocenters. The summed E-state index contributed by atoms with van der Waals surface area (Å²) in [4.78, 5) is 10.7. The van der Waals surface area contributed by atoms with Gasteiger partial charge in [-0.25, -0.2) is 4.79 Å². The Morgan fingerprint density at radius 2 is 2.08 bits per heavy atom. The lowest BCUT2D eigenvalue weighted by Crippen LogP contribution is -2.32. The lowest BCUT2D eigenvalue weighted by molar-refractivity contribution is 0.0566. The summed E-state index contributed by atoms with van der Waals surface area (Å²) in [6.45, 7) is -5.19. The van der Waals surface area contributed by atoms with Gasteiger partial charge in [-0.15, -0.1) is 0 Å². The van der Waals surface area contributed by atoms with E-state index in [4.69, 9.17) is 0 Å². The van der Waals surface area contributed by atoms with E-state index in [1.54, 1.807) is 0 Å². The van der Waals surface area contributed by atoms with Gasteiger partial charge in [0.15, 0.2) is 0 Å². The molecule has 0 saturated heterocycles. The lowest BCUT2D eigenvalue weighted by atomic mass is 9.88. The van der Waals surface area contributed by atoms with Gasteiger partial charge in [0.1, 0.15) is 0 Å². The molecule has 0 aliphatic heterocycles. The van der Waals surface area contributed by atoms with Crippen LogP contribution in [0.4, 0.5) is 12.9 Å². The third-order valence-corrected chi connectivity index (χ3v) is 1.34.